The average Bonchev–Trinajstić information content (AvgIpc) is 3.42. The standard InChI is InChI=1S/C30H28FN5O4S/c1-17-11-21(40-10-9-33-26(38)8-7-24(37)19-3-5-20(31)6-4-19)14-25-28(17)36-30(41-25)22-12-18(15-32)13-23-29(22)34-16-27(35-23)39-2/h3-6,11-14,16H,7-10,15,32H2,1-2H3,(H,33,38). The summed E-state index contributed by atoms with van der Waals surface area (Å²) in [4.78, 5) is 38.3. The second-order valence-electron chi connectivity index (χ2n) is 9.36. The summed E-state index contributed by atoms with van der Waals surface area (Å²) >= 11 is 1.52. The van der Waals surface area contributed by atoms with Gasteiger partial charge < -0.3 is 20.5 Å². The molecule has 0 aliphatic carbocycles. The van der Waals surface area contributed by atoms with E-state index in [-0.39, 0.29) is 37.7 Å². The van der Waals surface area contributed by atoms with Crippen LogP contribution < -0.4 is 20.5 Å². The normalized spacial score (nSPS) is 11.1. The van der Waals surface area contributed by atoms with Crippen LogP contribution in [0.3, 0.4) is 0 Å². The topological polar surface area (TPSA) is 129 Å². The second-order valence-corrected chi connectivity index (χ2v) is 10.4. The molecular weight excluding hydrogens is 545 g/mol. The third-order valence-electron chi connectivity index (χ3n) is 6.46. The lowest BCUT2D eigenvalue weighted by atomic mass is 10.1. The molecule has 2 heterocycles. The fourth-order valence-corrected chi connectivity index (χ4v) is 5.45. The van der Waals surface area contributed by atoms with E-state index in [0.717, 1.165) is 31.9 Å². The fraction of sp³-hybridized carbons (Fsp3) is 0.233. The number of Topliss-reactive ketones (excluding diaryl/α,β-unsaturated/α-hetero) is 1. The number of ether oxygens (including phenoxy) is 2. The minimum absolute atomic E-state index is 0.0438. The summed E-state index contributed by atoms with van der Waals surface area (Å²) in [7, 11) is 1.55. The summed E-state index contributed by atoms with van der Waals surface area (Å²) in [5, 5.41) is 3.56. The van der Waals surface area contributed by atoms with Gasteiger partial charge in [-0.1, -0.05) is 0 Å². The number of carbonyl (C=O) groups is 2. The highest BCUT2D eigenvalue weighted by atomic mass is 32.1. The van der Waals surface area contributed by atoms with Gasteiger partial charge in [0.25, 0.3) is 0 Å². The summed E-state index contributed by atoms with van der Waals surface area (Å²) in [6.07, 6.45) is 1.67. The molecule has 1 amide bonds. The van der Waals surface area contributed by atoms with Crippen molar-refractivity contribution in [3.63, 3.8) is 0 Å². The zero-order chi connectivity index (χ0) is 28.9. The molecular formula is C30H28FN5O4S. The monoisotopic (exact) mass is 573 g/mol. The van der Waals surface area contributed by atoms with Gasteiger partial charge in [-0.15, -0.1) is 11.3 Å². The Balaban J connectivity index is 1.22. The number of hydrogen-bond acceptors (Lipinski definition) is 9. The summed E-state index contributed by atoms with van der Waals surface area (Å²) in [6.45, 7) is 2.87. The molecule has 0 unspecified atom stereocenters. The van der Waals surface area contributed by atoms with Crippen molar-refractivity contribution in [1.29, 1.82) is 0 Å². The van der Waals surface area contributed by atoms with Crippen LogP contribution in [-0.4, -0.2) is 46.9 Å². The van der Waals surface area contributed by atoms with Crippen molar-refractivity contribution in [2.24, 2.45) is 5.73 Å². The average molecular weight is 574 g/mol. The molecule has 0 saturated carbocycles. The van der Waals surface area contributed by atoms with E-state index in [0.29, 0.717) is 34.8 Å². The largest absolute Gasteiger partial charge is 0.492 e. The lowest BCUT2D eigenvalue weighted by molar-refractivity contribution is -0.121. The Morgan fingerprint density at radius 1 is 1.05 bits per heavy atom. The molecule has 3 aromatic carbocycles. The van der Waals surface area contributed by atoms with Gasteiger partial charge in [0.2, 0.25) is 11.8 Å². The number of ketones is 1. The van der Waals surface area contributed by atoms with E-state index >= 15 is 0 Å². The molecule has 0 fully saturated rings. The van der Waals surface area contributed by atoms with E-state index in [2.05, 4.69) is 15.3 Å². The highest BCUT2D eigenvalue weighted by molar-refractivity contribution is 7.21. The van der Waals surface area contributed by atoms with Gasteiger partial charge in [0, 0.05) is 30.5 Å². The molecule has 41 heavy (non-hydrogen) atoms. The Morgan fingerprint density at radius 2 is 1.85 bits per heavy atom. The Labute approximate surface area is 239 Å². The molecule has 0 radical (unpaired) electrons. The number of nitrogens with zero attached hydrogens (tertiary/aromatic N) is 3. The van der Waals surface area contributed by atoms with Crippen molar-refractivity contribution in [3.8, 4) is 22.2 Å². The van der Waals surface area contributed by atoms with Gasteiger partial charge in [0.15, 0.2) is 5.78 Å². The van der Waals surface area contributed by atoms with E-state index in [1.165, 1.54) is 35.6 Å². The van der Waals surface area contributed by atoms with Gasteiger partial charge in [0.05, 0.1) is 41.1 Å². The first-order valence-electron chi connectivity index (χ1n) is 13.0. The van der Waals surface area contributed by atoms with Gasteiger partial charge in [-0.2, -0.15) is 0 Å². The molecule has 0 aliphatic rings. The zero-order valence-electron chi connectivity index (χ0n) is 22.6. The fourth-order valence-electron chi connectivity index (χ4n) is 4.36. The minimum Gasteiger partial charge on any atom is -0.492 e. The number of aromatic nitrogens is 3. The first kappa shape index (κ1) is 28.1. The van der Waals surface area contributed by atoms with E-state index in [1.54, 1.807) is 13.3 Å². The minimum atomic E-state index is -0.411. The van der Waals surface area contributed by atoms with Crippen molar-refractivity contribution in [1.82, 2.24) is 20.3 Å². The number of nitrogens with two attached hydrogens (primary N) is 1. The first-order chi connectivity index (χ1) is 19.8. The van der Waals surface area contributed by atoms with Gasteiger partial charge in [0.1, 0.15) is 23.2 Å². The quantitative estimate of drug-likeness (QED) is 0.167. The van der Waals surface area contributed by atoms with Crippen molar-refractivity contribution < 1.29 is 23.5 Å². The summed E-state index contributed by atoms with van der Waals surface area (Å²) in [6, 6.07) is 13.0. The number of hydrogen-bond donors (Lipinski definition) is 2. The molecule has 11 heteroatoms. The Bertz CT molecular complexity index is 1730. The molecule has 0 aliphatic heterocycles. The smallest absolute Gasteiger partial charge is 0.232 e. The summed E-state index contributed by atoms with van der Waals surface area (Å²) in [5.74, 6) is 0.214. The van der Waals surface area contributed by atoms with Crippen LogP contribution >= 0.6 is 11.3 Å². The van der Waals surface area contributed by atoms with Crippen LogP contribution in [-0.2, 0) is 11.3 Å². The molecule has 0 atom stereocenters. The first-order valence-corrected chi connectivity index (χ1v) is 13.8. The number of carbonyl (C=O) groups excluding carboxylic acids is 2. The van der Waals surface area contributed by atoms with Crippen LogP contribution in [0.15, 0.2) is 54.7 Å². The molecule has 2 aromatic heterocycles. The molecule has 9 nitrogen and oxygen atoms in total. The number of amides is 1. The predicted molar refractivity (Wildman–Crippen MR) is 156 cm³/mol. The van der Waals surface area contributed by atoms with E-state index in [1.807, 2.05) is 31.2 Å². The van der Waals surface area contributed by atoms with E-state index < -0.39 is 5.82 Å². The Morgan fingerprint density at radius 3 is 2.61 bits per heavy atom. The van der Waals surface area contributed by atoms with Crippen molar-refractivity contribution in [2.45, 2.75) is 26.3 Å². The maximum atomic E-state index is 13.0. The molecule has 5 rings (SSSR count). The van der Waals surface area contributed by atoms with Crippen molar-refractivity contribution in [2.75, 3.05) is 20.3 Å². The van der Waals surface area contributed by atoms with Gasteiger partial charge in [-0.05, 0) is 66.6 Å². The number of rotatable bonds is 11. The maximum absolute atomic E-state index is 13.0. The lowest BCUT2D eigenvalue weighted by Crippen LogP contribution is -2.28. The van der Waals surface area contributed by atoms with Crippen LogP contribution in [0, 0.1) is 12.7 Å². The third-order valence-corrected chi connectivity index (χ3v) is 7.49. The number of nitrogens with one attached hydrogen (secondary N) is 1. The Hall–Kier alpha value is -4.48. The zero-order valence-corrected chi connectivity index (χ0v) is 23.4. The van der Waals surface area contributed by atoms with Crippen LogP contribution in [0.4, 0.5) is 4.39 Å². The molecule has 210 valence electrons. The van der Waals surface area contributed by atoms with Gasteiger partial charge in [-0.25, -0.2) is 19.3 Å². The van der Waals surface area contributed by atoms with Crippen LogP contribution in [0.1, 0.15) is 34.3 Å². The number of fused-ring (bicyclic) bond motifs is 2. The summed E-state index contributed by atoms with van der Waals surface area (Å²) in [5.41, 5.74) is 11.3. The molecule has 3 N–H and O–H groups in total. The van der Waals surface area contributed by atoms with E-state index in [4.69, 9.17) is 20.2 Å². The number of aryl methyl sites for hydroxylation is 1. The summed E-state index contributed by atoms with van der Waals surface area (Å²) < 4.78 is 25.1. The third kappa shape index (κ3) is 6.47. The second kappa shape index (κ2) is 12.4. The molecule has 0 bridgehead atoms. The highest BCUT2D eigenvalue weighted by Gasteiger charge is 2.16. The Kier molecular flexibility index (Phi) is 8.46. The number of halogens is 1. The van der Waals surface area contributed by atoms with Crippen LogP contribution in [0.25, 0.3) is 31.8 Å². The molecule has 5 aromatic rings. The highest BCUT2D eigenvalue weighted by Crippen LogP contribution is 2.37. The molecule has 0 saturated heterocycles. The van der Waals surface area contributed by atoms with Crippen LogP contribution in [0.5, 0.6) is 11.6 Å². The lowest BCUT2D eigenvalue weighted by Gasteiger charge is -2.09. The maximum Gasteiger partial charge on any atom is 0.232 e. The van der Waals surface area contributed by atoms with Gasteiger partial charge >= 0.3 is 0 Å². The van der Waals surface area contributed by atoms with E-state index in [9.17, 15) is 14.0 Å². The van der Waals surface area contributed by atoms with Crippen molar-refractivity contribution >= 4 is 44.3 Å². The van der Waals surface area contributed by atoms with Crippen LogP contribution in [0.2, 0.25) is 0 Å². The van der Waals surface area contributed by atoms with Gasteiger partial charge in [-0.3, -0.25) is 9.59 Å². The van der Waals surface area contributed by atoms with Crippen molar-refractivity contribution in [3.05, 3.63) is 77.2 Å². The number of thiazole rings is 1. The number of benzene rings is 3. The number of methoxy groups -OCH3 is 1. The predicted octanol–water partition coefficient (Wildman–Crippen LogP) is 4.98. The SMILES string of the molecule is COc1cnc2c(-c3nc4c(C)cc(OCCNC(=O)CCC(=O)c5ccc(F)cc5)cc4s3)cc(CN)cc2n1. The molecule has 0 spiro atoms.